The number of nitrogens with zero attached hydrogens (tertiary/aromatic N) is 3. The second kappa shape index (κ2) is 9.59. The number of carboxylic acids is 1. The number of halogens is 2. The van der Waals surface area contributed by atoms with E-state index in [9.17, 15) is 18.7 Å². The third kappa shape index (κ3) is 5.48. The van der Waals surface area contributed by atoms with Gasteiger partial charge in [0.1, 0.15) is 0 Å². The highest BCUT2D eigenvalue weighted by atomic mass is 19.3. The van der Waals surface area contributed by atoms with Gasteiger partial charge in [0.2, 0.25) is 0 Å². The van der Waals surface area contributed by atoms with E-state index in [1.807, 2.05) is 4.90 Å². The normalized spacial score (nSPS) is 13.1. The molecule has 1 fully saturated rings. The summed E-state index contributed by atoms with van der Waals surface area (Å²) in [6.45, 7) is -2.29. The summed E-state index contributed by atoms with van der Waals surface area (Å²) in [7, 11) is 0. The van der Waals surface area contributed by atoms with Crippen molar-refractivity contribution in [1.82, 2.24) is 9.97 Å². The van der Waals surface area contributed by atoms with Gasteiger partial charge in [0.05, 0.1) is 30.6 Å². The van der Waals surface area contributed by atoms with Crippen LogP contribution in [0, 0.1) is 5.92 Å². The van der Waals surface area contributed by atoms with Crippen LogP contribution in [0.2, 0.25) is 0 Å². The molecule has 32 heavy (non-hydrogen) atoms. The van der Waals surface area contributed by atoms with Gasteiger partial charge in [-0.3, -0.25) is 9.97 Å². The lowest BCUT2D eigenvalue weighted by Crippen LogP contribution is -2.18. The molecule has 0 amide bonds. The van der Waals surface area contributed by atoms with Gasteiger partial charge in [-0.15, -0.1) is 0 Å². The van der Waals surface area contributed by atoms with Crippen LogP contribution in [-0.4, -0.2) is 34.3 Å². The second-order valence-electron chi connectivity index (χ2n) is 7.40. The van der Waals surface area contributed by atoms with Crippen LogP contribution < -0.4 is 14.4 Å². The highest BCUT2D eigenvalue weighted by molar-refractivity contribution is 5.89. The summed E-state index contributed by atoms with van der Waals surface area (Å²) in [5, 5.41) is 9.40. The largest absolute Gasteiger partial charge is 0.489 e. The Kier molecular flexibility index (Phi) is 6.44. The molecule has 3 aromatic rings. The second-order valence-corrected chi connectivity index (χ2v) is 7.40. The van der Waals surface area contributed by atoms with Crippen molar-refractivity contribution in [3.63, 3.8) is 0 Å². The average Bonchev–Trinajstić information content (AvgIpc) is 3.62. The van der Waals surface area contributed by atoms with Crippen molar-refractivity contribution in [3.8, 4) is 11.5 Å². The molecule has 0 bridgehead atoms. The fourth-order valence-electron chi connectivity index (χ4n) is 3.18. The molecule has 9 heteroatoms. The van der Waals surface area contributed by atoms with E-state index in [4.69, 9.17) is 4.74 Å². The molecular formula is C23H21F2N3O4. The zero-order chi connectivity index (χ0) is 22.5. The number of aromatic nitrogens is 2. The Morgan fingerprint density at radius 2 is 1.94 bits per heavy atom. The molecule has 0 aliphatic heterocycles. The van der Waals surface area contributed by atoms with Crippen molar-refractivity contribution in [1.29, 1.82) is 0 Å². The Hall–Kier alpha value is -3.75. The van der Waals surface area contributed by atoms with E-state index in [0.717, 1.165) is 12.8 Å². The maximum absolute atomic E-state index is 12.9. The Morgan fingerprint density at radius 3 is 2.62 bits per heavy atom. The number of ether oxygens (including phenoxy) is 2. The third-order valence-electron chi connectivity index (χ3n) is 4.97. The summed E-state index contributed by atoms with van der Waals surface area (Å²) in [6.07, 6.45) is 6.81. The zero-order valence-corrected chi connectivity index (χ0v) is 17.0. The molecule has 1 N–H and O–H groups in total. The topological polar surface area (TPSA) is 84.8 Å². The first-order chi connectivity index (χ1) is 15.5. The van der Waals surface area contributed by atoms with Crippen molar-refractivity contribution >= 4 is 17.3 Å². The standard InChI is InChI=1S/C23H21F2N3O4/c24-23(25)32-20-7-6-19(11-21(20)31-14-15-4-5-15)28(13-17-12-26-8-9-27-17)18-3-1-2-16(10-18)22(29)30/h1-3,6-12,15,23H,4-5,13-14H2,(H,29,30). The van der Waals surface area contributed by atoms with Crippen molar-refractivity contribution in [2.75, 3.05) is 11.5 Å². The molecule has 1 heterocycles. The maximum Gasteiger partial charge on any atom is 0.387 e. The van der Waals surface area contributed by atoms with Gasteiger partial charge in [-0.1, -0.05) is 6.07 Å². The molecule has 1 aromatic heterocycles. The van der Waals surface area contributed by atoms with Gasteiger partial charge in [-0.25, -0.2) is 4.79 Å². The van der Waals surface area contributed by atoms with Crippen LogP contribution in [0.15, 0.2) is 61.1 Å². The molecule has 1 aliphatic rings. The first-order valence-electron chi connectivity index (χ1n) is 10.1. The van der Waals surface area contributed by atoms with Gasteiger partial charge in [0.25, 0.3) is 0 Å². The van der Waals surface area contributed by atoms with Crippen LogP contribution in [-0.2, 0) is 6.54 Å². The molecule has 0 spiro atoms. The smallest absolute Gasteiger partial charge is 0.387 e. The lowest BCUT2D eigenvalue weighted by molar-refractivity contribution is -0.0515. The fraction of sp³-hybridized carbons (Fsp3) is 0.261. The van der Waals surface area contributed by atoms with Crippen molar-refractivity contribution in [3.05, 3.63) is 72.3 Å². The summed E-state index contributed by atoms with van der Waals surface area (Å²) >= 11 is 0. The predicted molar refractivity (Wildman–Crippen MR) is 113 cm³/mol. The van der Waals surface area contributed by atoms with Crippen molar-refractivity contribution in [2.24, 2.45) is 5.92 Å². The minimum Gasteiger partial charge on any atom is -0.489 e. The lowest BCUT2D eigenvalue weighted by atomic mass is 10.1. The number of hydrogen-bond donors (Lipinski definition) is 1. The number of anilines is 2. The van der Waals surface area contributed by atoms with Gasteiger partial charge in [-0.05, 0) is 49.1 Å². The molecule has 2 aromatic carbocycles. The van der Waals surface area contributed by atoms with E-state index in [-0.39, 0.29) is 23.6 Å². The Bertz CT molecular complexity index is 1080. The fourth-order valence-corrected chi connectivity index (χ4v) is 3.18. The highest BCUT2D eigenvalue weighted by Crippen LogP contribution is 2.38. The van der Waals surface area contributed by atoms with E-state index in [2.05, 4.69) is 14.7 Å². The first-order valence-corrected chi connectivity index (χ1v) is 10.1. The number of rotatable bonds is 10. The SMILES string of the molecule is O=C(O)c1cccc(N(Cc2cnccn2)c2ccc(OC(F)F)c(OCC3CC3)c2)c1. The summed E-state index contributed by atoms with van der Waals surface area (Å²) in [5.74, 6) is -0.488. The maximum atomic E-state index is 12.9. The number of carbonyl (C=O) groups is 1. The molecule has 0 unspecified atom stereocenters. The molecular weight excluding hydrogens is 420 g/mol. The summed E-state index contributed by atoms with van der Waals surface area (Å²) < 4.78 is 36.2. The number of hydrogen-bond acceptors (Lipinski definition) is 6. The number of aromatic carboxylic acids is 1. The van der Waals surface area contributed by atoms with E-state index >= 15 is 0 Å². The predicted octanol–water partition coefficient (Wildman–Crippen LogP) is 4.90. The van der Waals surface area contributed by atoms with Crippen molar-refractivity contribution < 1.29 is 28.2 Å². The third-order valence-corrected chi connectivity index (χ3v) is 4.97. The molecule has 0 saturated heterocycles. The van der Waals surface area contributed by atoms with Gasteiger partial charge in [0.15, 0.2) is 11.5 Å². The highest BCUT2D eigenvalue weighted by Gasteiger charge is 2.24. The Labute approximate surface area is 183 Å². The molecule has 7 nitrogen and oxygen atoms in total. The van der Waals surface area contributed by atoms with Gasteiger partial charge >= 0.3 is 12.6 Å². The Morgan fingerprint density at radius 1 is 1.12 bits per heavy atom. The van der Waals surface area contributed by atoms with Crippen LogP contribution in [0.4, 0.5) is 20.2 Å². The first kappa shape index (κ1) is 21.5. The van der Waals surface area contributed by atoms with Gasteiger partial charge in [-0.2, -0.15) is 8.78 Å². The van der Waals surface area contributed by atoms with Crippen LogP contribution in [0.25, 0.3) is 0 Å². The minimum atomic E-state index is -2.98. The van der Waals surface area contributed by atoms with Gasteiger partial charge in [0, 0.05) is 29.8 Å². The zero-order valence-electron chi connectivity index (χ0n) is 17.0. The van der Waals surface area contributed by atoms with E-state index in [1.165, 1.54) is 18.2 Å². The number of alkyl halides is 2. The van der Waals surface area contributed by atoms with Crippen molar-refractivity contribution in [2.45, 2.75) is 26.0 Å². The van der Waals surface area contributed by atoms with Crippen LogP contribution >= 0.6 is 0 Å². The quantitative estimate of drug-likeness (QED) is 0.479. The minimum absolute atomic E-state index is 0.0526. The average molecular weight is 441 g/mol. The van der Waals surface area contributed by atoms with Crippen LogP contribution in [0.3, 0.4) is 0 Å². The van der Waals surface area contributed by atoms with Crippen LogP contribution in [0.1, 0.15) is 28.9 Å². The van der Waals surface area contributed by atoms with E-state index < -0.39 is 12.6 Å². The number of benzene rings is 2. The lowest BCUT2D eigenvalue weighted by Gasteiger charge is -2.26. The summed E-state index contributed by atoms with van der Waals surface area (Å²) in [5.41, 5.74) is 1.95. The molecule has 0 radical (unpaired) electrons. The number of carboxylic acid groups (broad SMARTS) is 1. The molecule has 1 aliphatic carbocycles. The molecule has 1 saturated carbocycles. The van der Waals surface area contributed by atoms with E-state index in [1.54, 1.807) is 42.9 Å². The van der Waals surface area contributed by atoms with Gasteiger partial charge < -0.3 is 19.5 Å². The summed E-state index contributed by atoms with van der Waals surface area (Å²) in [4.78, 5) is 21.7. The molecule has 166 valence electrons. The molecule has 0 atom stereocenters. The Balaban J connectivity index is 1.72. The van der Waals surface area contributed by atoms with E-state index in [0.29, 0.717) is 29.6 Å². The molecule has 4 rings (SSSR count). The van der Waals surface area contributed by atoms with Crippen LogP contribution in [0.5, 0.6) is 11.5 Å². The monoisotopic (exact) mass is 441 g/mol. The summed E-state index contributed by atoms with van der Waals surface area (Å²) in [6, 6.07) is 11.1.